The zero-order valence-electron chi connectivity index (χ0n) is 15.9. The van der Waals surface area contributed by atoms with E-state index in [1.165, 1.54) is 108 Å². The fourth-order valence-corrected chi connectivity index (χ4v) is 3.85. The highest BCUT2D eigenvalue weighted by Gasteiger charge is 1.95. The van der Waals surface area contributed by atoms with E-state index < -0.39 is 0 Å². The van der Waals surface area contributed by atoms with Crippen molar-refractivity contribution >= 4 is 11.8 Å². The molecule has 0 aliphatic carbocycles. The predicted octanol–water partition coefficient (Wildman–Crippen LogP) is 6.76. The van der Waals surface area contributed by atoms with Gasteiger partial charge in [-0.05, 0) is 26.3 Å². The average Bonchev–Trinajstić information content (AvgIpc) is 2.50. The minimum Gasteiger partial charge on any atom is -0.309 e. The molecule has 0 atom stereocenters. The number of nitrogens with zero attached hydrogens (tertiary/aromatic N) is 1. The Morgan fingerprint density at radius 1 is 0.545 bits per heavy atom. The number of unbranched alkanes of at least 4 members (excludes halogenated alkanes) is 13. The van der Waals surface area contributed by atoms with Gasteiger partial charge in [0.05, 0.1) is 0 Å². The number of thioether (sulfide) groups is 1. The first-order valence-electron chi connectivity index (χ1n) is 10.00. The molecule has 0 amide bonds. The van der Waals surface area contributed by atoms with Crippen molar-refractivity contribution in [2.75, 3.05) is 32.1 Å². The molecule has 134 valence electrons. The standard InChI is InChI=1S/C20H43NS/c1-4-5-6-7-8-9-10-11-12-13-14-15-16-17-19-22-20-18-21(2)3/h4-20H2,1-3H3. The molecule has 0 aromatic rings. The van der Waals surface area contributed by atoms with Gasteiger partial charge in [0.15, 0.2) is 0 Å². The summed E-state index contributed by atoms with van der Waals surface area (Å²) in [4.78, 5) is 2.28. The molecule has 0 aliphatic rings. The zero-order chi connectivity index (χ0) is 16.3. The third-order valence-electron chi connectivity index (χ3n) is 4.33. The third kappa shape index (κ3) is 20.3. The first-order chi connectivity index (χ1) is 10.8. The molecule has 0 N–H and O–H groups in total. The first-order valence-corrected chi connectivity index (χ1v) is 11.1. The highest BCUT2D eigenvalue weighted by Crippen LogP contribution is 2.13. The van der Waals surface area contributed by atoms with E-state index in [0.29, 0.717) is 0 Å². The average molecular weight is 330 g/mol. The molecule has 22 heavy (non-hydrogen) atoms. The largest absolute Gasteiger partial charge is 0.309 e. The second kappa shape index (κ2) is 19.4. The van der Waals surface area contributed by atoms with Gasteiger partial charge in [0, 0.05) is 12.3 Å². The molecule has 0 saturated carbocycles. The van der Waals surface area contributed by atoms with Crippen molar-refractivity contribution in [1.29, 1.82) is 0 Å². The molecule has 0 radical (unpaired) electrons. The van der Waals surface area contributed by atoms with Gasteiger partial charge in [0.1, 0.15) is 0 Å². The Hall–Kier alpha value is 0.310. The molecule has 0 heterocycles. The van der Waals surface area contributed by atoms with Crippen molar-refractivity contribution in [2.45, 2.75) is 96.8 Å². The fourth-order valence-electron chi connectivity index (χ4n) is 2.75. The highest BCUT2D eigenvalue weighted by molar-refractivity contribution is 7.99. The van der Waals surface area contributed by atoms with Gasteiger partial charge in [0.2, 0.25) is 0 Å². The molecule has 2 heteroatoms. The van der Waals surface area contributed by atoms with Crippen molar-refractivity contribution in [1.82, 2.24) is 4.90 Å². The van der Waals surface area contributed by atoms with Gasteiger partial charge in [0.25, 0.3) is 0 Å². The van der Waals surface area contributed by atoms with E-state index in [-0.39, 0.29) is 0 Å². The maximum absolute atomic E-state index is 2.30. The molecule has 0 aromatic heterocycles. The van der Waals surface area contributed by atoms with Gasteiger partial charge in [-0.25, -0.2) is 0 Å². The van der Waals surface area contributed by atoms with E-state index in [1.807, 2.05) is 0 Å². The van der Waals surface area contributed by atoms with Crippen LogP contribution in [-0.4, -0.2) is 37.0 Å². The van der Waals surface area contributed by atoms with Gasteiger partial charge >= 0.3 is 0 Å². The monoisotopic (exact) mass is 329 g/mol. The molecule has 0 saturated heterocycles. The van der Waals surface area contributed by atoms with Crippen LogP contribution in [0.2, 0.25) is 0 Å². The lowest BCUT2D eigenvalue weighted by Crippen LogP contribution is -2.14. The maximum Gasteiger partial charge on any atom is 0.00662 e. The van der Waals surface area contributed by atoms with Crippen molar-refractivity contribution < 1.29 is 0 Å². The van der Waals surface area contributed by atoms with Gasteiger partial charge in [-0.3, -0.25) is 0 Å². The minimum absolute atomic E-state index is 1.23. The van der Waals surface area contributed by atoms with Gasteiger partial charge in [-0.15, -0.1) is 0 Å². The summed E-state index contributed by atoms with van der Waals surface area (Å²) in [5.74, 6) is 2.66. The smallest absolute Gasteiger partial charge is 0.00662 e. The summed E-state index contributed by atoms with van der Waals surface area (Å²) < 4.78 is 0. The van der Waals surface area contributed by atoms with Gasteiger partial charge < -0.3 is 4.90 Å². The summed E-state index contributed by atoms with van der Waals surface area (Å²) in [5.41, 5.74) is 0. The predicted molar refractivity (Wildman–Crippen MR) is 106 cm³/mol. The van der Waals surface area contributed by atoms with Crippen molar-refractivity contribution in [3.05, 3.63) is 0 Å². The normalized spacial score (nSPS) is 11.5. The summed E-state index contributed by atoms with van der Waals surface area (Å²) >= 11 is 2.12. The lowest BCUT2D eigenvalue weighted by molar-refractivity contribution is 0.437. The lowest BCUT2D eigenvalue weighted by atomic mass is 10.0. The Morgan fingerprint density at radius 2 is 0.955 bits per heavy atom. The highest BCUT2D eigenvalue weighted by atomic mass is 32.2. The number of rotatable bonds is 18. The van der Waals surface area contributed by atoms with Crippen LogP contribution in [-0.2, 0) is 0 Å². The van der Waals surface area contributed by atoms with Crippen molar-refractivity contribution in [2.24, 2.45) is 0 Å². The third-order valence-corrected chi connectivity index (χ3v) is 5.37. The SMILES string of the molecule is CCCCCCCCCCCCCCCCSCCN(C)C. The van der Waals surface area contributed by atoms with E-state index in [2.05, 4.69) is 37.7 Å². The molecule has 0 aliphatic heterocycles. The molecular weight excluding hydrogens is 286 g/mol. The van der Waals surface area contributed by atoms with Gasteiger partial charge in [-0.1, -0.05) is 90.4 Å². The summed E-state index contributed by atoms with van der Waals surface area (Å²) in [6, 6.07) is 0. The summed E-state index contributed by atoms with van der Waals surface area (Å²) in [6.45, 7) is 3.52. The van der Waals surface area contributed by atoms with Crippen molar-refractivity contribution in [3.8, 4) is 0 Å². The van der Waals surface area contributed by atoms with Crippen LogP contribution in [0.15, 0.2) is 0 Å². The van der Waals surface area contributed by atoms with Crippen LogP contribution in [0.5, 0.6) is 0 Å². The summed E-state index contributed by atoms with van der Waals surface area (Å²) in [7, 11) is 4.32. The topological polar surface area (TPSA) is 3.24 Å². The Morgan fingerprint density at radius 3 is 1.36 bits per heavy atom. The Bertz CT molecular complexity index is 194. The van der Waals surface area contributed by atoms with Crippen molar-refractivity contribution in [3.63, 3.8) is 0 Å². The van der Waals surface area contributed by atoms with E-state index in [9.17, 15) is 0 Å². The number of hydrogen-bond acceptors (Lipinski definition) is 2. The van der Waals surface area contributed by atoms with Crippen LogP contribution in [0.1, 0.15) is 96.8 Å². The second-order valence-corrected chi connectivity index (χ2v) is 8.24. The Kier molecular flexibility index (Phi) is 19.6. The molecule has 0 bridgehead atoms. The van der Waals surface area contributed by atoms with E-state index in [4.69, 9.17) is 0 Å². The van der Waals surface area contributed by atoms with E-state index in [1.54, 1.807) is 0 Å². The lowest BCUT2D eigenvalue weighted by Gasteiger charge is -2.08. The molecule has 0 fully saturated rings. The van der Waals surface area contributed by atoms with Crippen LogP contribution in [0.25, 0.3) is 0 Å². The molecule has 0 aromatic carbocycles. The molecular formula is C20H43NS. The van der Waals surface area contributed by atoms with Crippen LogP contribution < -0.4 is 0 Å². The molecule has 0 spiro atoms. The zero-order valence-corrected chi connectivity index (χ0v) is 16.7. The fraction of sp³-hybridized carbons (Fsp3) is 1.00. The van der Waals surface area contributed by atoms with Crippen LogP contribution in [0.3, 0.4) is 0 Å². The molecule has 0 rings (SSSR count). The van der Waals surface area contributed by atoms with E-state index in [0.717, 1.165) is 0 Å². The Balaban J connectivity index is 2.94. The quantitative estimate of drug-likeness (QED) is 0.255. The van der Waals surface area contributed by atoms with Crippen LogP contribution in [0.4, 0.5) is 0 Å². The minimum atomic E-state index is 1.23. The summed E-state index contributed by atoms with van der Waals surface area (Å²) in [5, 5.41) is 0. The van der Waals surface area contributed by atoms with E-state index >= 15 is 0 Å². The van der Waals surface area contributed by atoms with Crippen LogP contribution in [0, 0.1) is 0 Å². The summed E-state index contributed by atoms with van der Waals surface area (Å²) in [6.07, 6.45) is 20.4. The van der Waals surface area contributed by atoms with Gasteiger partial charge in [-0.2, -0.15) is 11.8 Å². The maximum atomic E-state index is 2.30. The Labute approximate surface area is 146 Å². The number of hydrogen-bond donors (Lipinski definition) is 0. The van der Waals surface area contributed by atoms with Crippen LogP contribution >= 0.6 is 11.8 Å². The molecule has 0 unspecified atom stereocenters. The second-order valence-electron chi connectivity index (χ2n) is 7.01. The molecule has 1 nitrogen and oxygen atoms in total. The first kappa shape index (κ1) is 22.3.